The maximum Gasteiger partial charge on any atom is 0.138 e. The summed E-state index contributed by atoms with van der Waals surface area (Å²) in [5, 5.41) is 7.07. The summed E-state index contributed by atoms with van der Waals surface area (Å²) in [6.07, 6.45) is 1.76. The standard InChI is InChI=1S/C9H16N2O/c1-7-8(6-11-12-7)5-10-9(2,3)4/h6,10H,5H2,1-4H3. The van der Waals surface area contributed by atoms with Crippen molar-refractivity contribution in [1.82, 2.24) is 10.5 Å². The number of nitrogens with zero attached hydrogens (tertiary/aromatic N) is 1. The van der Waals surface area contributed by atoms with Crippen LogP contribution in [0.4, 0.5) is 0 Å². The van der Waals surface area contributed by atoms with Gasteiger partial charge in [0.1, 0.15) is 5.76 Å². The molecule has 0 aliphatic carbocycles. The van der Waals surface area contributed by atoms with Crippen LogP contribution in [-0.4, -0.2) is 10.7 Å². The third kappa shape index (κ3) is 2.66. The fraction of sp³-hybridized carbons (Fsp3) is 0.667. The second kappa shape index (κ2) is 3.27. The van der Waals surface area contributed by atoms with Crippen LogP contribution in [0.25, 0.3) is 0 Å². The Bertz CT molecular complexity index is 247. The first-order chi connectivity index (χ1) is 5.49. The van der Waals surface area contributed by atoms with Gasteiger partial charge in [-0.2, -0.15) is 0 Å². The summed E-state index contributed by atoms with van der Waals surface area (Å²) in [5.74, 6) is 0.895. The van der Waals surface area contributed by atoms with Crippen molar-refractivity contribution in [2.75, 3.05) is 0 Å². The van der Waals surface area contributed by atoms with E-state index in [1.165, 1.54) is 0 Å². The monoisotopic (exact) mass is 168 g/mol. The molecule has 0 aliphatic rings. The van der Waals surface area contributed by atoms with E-state index in [1.54, 1.807) is 6.20 Å². The van der Waals surface area contributed by atoms with E-state index >= 15 is 0 Å². The van der Waals surface area contributed by atoms with Gasteiger partial charge in [0.05, 0.1) is 6.20 Å². The average molecular weight is 168 g/mol. The number of rotatable bonds is 2. The van der Waals surface area contributed by atoms with Gasteiger partial charge < -0.3 is 9.84 Å². The summed E-state index contributed by atoms with van der Waals surface area (Å²) >= 11 is 0. The number of aryl methyl sites for hydroxylation is 1. The molecule has 1 aromatic rings. The quantitative estimate of drug-likeness (QED) is 0.732. The van der Waals surface area contributed by atoms with Crippen molar-refractivity contribution in [3.63, 3.8) is 0 Å². The number of hydrogen-bond acceptors (Lipinski definition) is 3. The minimum absolute atomic E-state index is 0.143. The van der Waals surface area contributed by atoms with E-state index in [0.717, 1.165) is 17.9 Å². The molecule has 1 aromatic heterocycles. The lowest BCUT2D eigenvalue weighted by Gasteiger charge is -2.19. The Morgan fingerprint density at radius 1 is 1.50 bits per heavy atom. The molecule has 0 fully saturated rings. The first-order valence-corrected chi connectivity index (χ1v) is 4.14. The summed E-state index contributed by atoms with van der Waals surface area (Å²) in [4.78, 5) is 0. The largest absolute Gasteiger partial charge is 0.361 e. The molecule has 0 aromatic carbocycles. The minimum Gasteiger partial charge on any atom is -0.361 e. The Kier molecular flexibility index (Phi) is 2.52. The Morgan fingerprint density at radius 2 is 2.17 bits per heavy atom. The number of aromatic nitrogens is 1. The zero-order chi connectivity index (χ0) is 9.19. The van der Waals surface area contributed by atoms with Crippen LogP contribution in [0.3, 0.4) is 0 Å². The van der Waals surface area contributed by atoms with Gasteiger partial charge in [-0.05, 0) is 27.7 Å². The Hall–Kier alpha value is -0.830. The van der Waals surface area contributed by atoms with Crippen molar-refractivity contribution in [3.05, 3.63) is 17.5 Å². The molecule has 0 saturated heterocycles. The van der Waals surface area contributed by atoms with Crippen LogP contribution in [0.1, 0.15) is 32.1 Å². The molecular weight excluding hydrogens is 152 g/mol. The molecule has 0 saturated carbocycles. The molecule has 0 spiro atoms. The molecule has 0 unspecified atom stereocenters. The van der Waals surface area contributed by atoms with Gasteiger partial charge in [0.2, 0.25) is 0 Å². The zero-order valence-corrected chi connectivity index (χ0v) is 8.14. The third-order valence-electron chi connectivity index (χ3n) is 1.66. The van der Waals surface area contributed by atoms with Crippen molar-refractivity contribution < 1.29 is 4.52 Å². The van der Waals surface area contributed by atoms with E-state index in [2.05, 4.69) is 31.2 Å². The molecule has 0 radical (unpaired) electrons. The molecular formula is C9H16N2O. The summed E-state index contributed by atoms with van der Waals surface area (Å²) in [6.45, 7) is 9.15. The van der Waals surface area contributed by atoms with Crippen molar-refractivity contribution in [2.45, 2.75) is 39.8 Å². The van der Waals surface area contributed by atoms with Crippen LogP contribution in [0, 0.1) is 6.92 Å². The van der Waals surface area contributed by atoms with Crippen LogP contribution in [0.5, 0.6) is 0 Å². The third-order valence-corrected chi connectivity index (χ3v) is 1.66. The Labute approximate surface area is 73.1 Å². The molecule has 68 valence electrons. The SMILES string of the molecule is Cc1oncc1CNC(C)(C)C. The van der Waals surface area contributed by atoms with Crippen LogP contribution in [-0.2, 0) is 6.54 Å². The fourth-order valence-electron chi connectivity index (χ4n) is 0.849. The van der Waals surface area contributed by atoms with E-state index in [4.69, 9.17) is 4.52 Å². The summed E-state index contributed by atoms with van der Waals surface area (Å²) in [7, 11) is 0. The van der Waals surface area contributed by atoms with Gasteiger partial charge in [-0.15, -0.1) is 0 Å². The van der Waals surface area contributed by atoms with Crippen molar-refractivity contribution in [2.24, 2.45) is 0 Å². The first-order valence-electron chi connectivity index (χ1n) is 4.14. The molecule has 12 heavy (non-hydrogen) atoms. The number of nitrogens with one attached hydrogen (secondary N) is 1. The predicted octanol–water partition coefficient (Wildman–Crippen LogP) is 1.87. The van der Waals surface area contributed by atoms with E-state index in [1.807, 2.05) is 6.92 Å². The van der Waals surface area contributed by atoms with Gasteiger partial charge in [-0.3, -0.25) is 0 Å². The highest BCUT2D eigenvalue weighted by Crippen LogP contribution is 2.07. The minimum atomic E-state index is 0.143. The molecule has 1 rings (SSSR count). The normalized spacial score (nSPS) is 12.0. The van der Waals surface area contributed by atoms with Crippen molar-refractivity contribution in [1.29, 1.82) is 0 Å². The highest BCUT2D eigenvalue weighted by molar-refractivity contribution is 5.11. The smallest absolute Gasteiger partial charge is 0.138 e. The first kappa shape index (κ1) is 9.26. The van der Waals surface area contributed by atoms with Crippen LogP contribution < -0.4 is 5.32 Å². The molecule has 1 heterocycles. The van der Waals surface area contributed by atoms with E-state index in [-0.39, 0.29) is 5.54 Å². The van der Waals surface area contributed by atoms with Gasteiger partial charge in [0.15, 0.2) is 0 Å². The van der Waals surface area contributed by atoms with Gasteiger partial charge in [0.25, 0.3) is 0 Å². The zero-order valence-electron chi connectivity index (χ0n) is 8.14. The van der Waals surface area contributed by atoms with E-state index in [0.29, 0.717) is 0 Å². The average Bonchev–Trinajstić information content (AvgIpc) is 2.29. The van der Waals surface area contributed by atoms with Gasteiger partial charge in [-0.1, -0.05) is 5.16 Å². The number of hydrogen-bond donors (Lipinski definition) is 1. The summed E-state index contributed by atoms with van der Waals surface area (Å²) in [6, 6.07) is 0. The van der Waals surface area contributed by atoms with Crippen molar-refractivity contribution in [3.8, 4) is 0 Å². The second-order valence-electron chi connectivity index (χ2n) is 4.01. The van der Waals surface area contributed by atoms with Crippen molar-refractivity contribution >= 4 is 0 Å². The maximum absolute atomic E-state index is 4.94. The van der Waals surface area contributed by atoms with Crippen LogP contribution in [0.2, 0.25) is 0 Å². The van der Waals surface area contributed by atoms with Crippen LogP contribution >= 0.6 is 0 Å². The topological polar surface area (TPSA) is 38.1 Å². The molecule has 0 atom stereocenters. The molecule has 3 heteroatoms. The maximum atomic E-state index is 4.94. The highest BCUT2D eigenvalue weighted by Gasteiger charge is 2.10. The molecule has 3 nitrogen and oxygen atoms in total. The van der Waals surface area contributed by atoms with Gasteiger partial charge in [-0.25, -0.2) is 0 Å². The molecule has 0 bridgehead atoms. The lowest BCUT2D eigenvalue weighted by molar-refractivity contribution is 0.391. The lowest BCUT2D eigenvalue weighted by atomic mass is 10.1. The molecule has 1 N–H and O–H groups in total. The molecule has 0 amide bonds. The van der Waals surface area contributed by atoms with E-state index in [9.17, 15) is 0 Å². The van der Waals surface area contributed by atoms with Gasteiger partial charge in [0, 0.05) is 17.6 Å². The Morgan fingerprint density at radius 3 is 2.58 bits per heavy atom. The van der Waals surface area contributed by atoms with E-state index < -0.39 is 0 Å². The van der Waals surface area contributed by atoms with Gasteiger partial charge >= 0.3 is 0 Å². The summed E-state index contributed by atoms with van der Waals surface area (Å²) in [5.41, 5.74) is 1.27. The fourth-order valence-corrected chi connectivity index (χ4v) is 0.849. The highest BCUT2D eigenvalue weighted by atomic mass is 16.5. The predicted molar refractivity (Wildman–Crippen MR) is 47.8 cm³/mol. The second-order valence-corrected chi connectivity index (χ2v) is 4.01. The Balaban J connectivity index is 2.49. The molecule has 0 aliphatic heterocycles. The lowest BCUT2D eigenvalue weighted by Crippen LogP contribution is -2.35. The summed E-state index contributed by atoms with van der Waals surface area (Å²) < 4.78 is 4.94. The van der Waals surface area contributed by atoms with Crippen LogP contribution in [0.15, 0.2) is 10.7 Å².